The molecule has 25 heavy (non-hydrogen) atoms. The van der Waals surface area contributed by atoms with Gasteiger partial charge in [-0.1, -0.05) is 30.3 Å². The number of urea groups is 1. The van der Waals surface area contributed by atoms with Crippen molar-refractivity contribution in [2.75, 3.05) is 14.1 Å². The standard InChI is InChI=1S/C19H27N5O/c1-23(2)17-10-9-16(11-17)21-19(25)20-12-15-13-24(3)22-18(15)14-7-5-4-6-8-14/h4-8,13,16-17H,9-12H2,1-3H3,(H2,20,21,25)/t16-,17-/m1/s1. The summed E-state index contributed by atoms with van der Waals surface area (Å²) >= 11 is 0. The highest BCUT2D eigenvalue weighted by Crippen LogP contribution is 2.23. The lowest BCUT2D eigenvalue weighted by atomic mass is 10.1. The summed E-state index contributed by atoms with van der Waals surface area (Å²) in [5.41, 5.74) is 2.99. The highest BCUT2D eigenvalue weighted by atomic mass is 16.2. The summed E-state index contributed by atoms with van der Waals surface area (Å²) in [6, 6.07) is 10.8. The lowest BCUT2D eigenvalue weighted by Gasteiger charge is -2.19. The first-order chi connectivity index (χ1) is 12.0. The molecule has 0 aliphatic heterocycles. The molecular weight excluding hydrogens is 314 g/mol. The van der Waals surface area contributed by atoms with Crippen LogP contribution in [0.5, 0.6) is 0 Å². The van der Waals surface area contributed by atoms with Crippen molar-refractivity contribution in [1.29, 1.82) is 0 Å². The molecule has 0 spiro atoms. The van der Waals surface area contributed by atoms with Crippen molar-refractivity contribution in [2.45, 2.75) is 37.9 Å². The van der Waals surface area contributed by atoms with Crippen LogP contribution in [0.25, 0.3) is 11.3 Å². The topological polar surface area (TPSA) is 62.2 Å². The third-order valence-electron chi connectivity index (χ3n) is 4.86. The average molecular weight is 341 g/mol. The number of nitrogens with zero attached hydrogens (tertiary/aromatic N) is 3. The van der Waals surface area contributed by atoms with Gasteiger partial charge in [0.15, 0.2) is 0 Å². The first-order valence-corrected chi connectivity index (χ1v) is 8.81. The summed E-state index contributed by atoms with van der Waals surface area (Å²) in [7, 11) is 6.09. The van der Waals surface area contributed by atoms with E-state index in [2.05, 4.69) is 34.7 Å². The Labute approximate surface area is 149 Å². The number of carbonyl (C=O) groups excluding carboxylic acids is 1. The van der Waals surface area contributed by atoms with Crippen LogP contribution in [0.15, 0.2) is 36.5 Å². The van der Waals surface area contributed by atoms with Gasteiger partial charge in [0.1, 0.15) is 0 Å². The van der Waals surface area contributed by atoms with E-state index < -0.39 is 0 Å². The van der Waals surface area contributed by atoms with Crippen molar-refractivity contribution < 1.29 is 4.79 Å². The van der Waals surface area contributed by atoms with Crippen molar-refractivity contribution in [1.82, 2.24) is 25.3 Å². The Kier molecular flexibility index (Phi) is 5.38. The molecule has 1 aliphatic carbocycles. The highest BCUT2D eigenvalue weighted by Gasteiger charge is 2.27. The zero-order valence-electron chi connectivity index (χ0n) is 15.2. The van der Waals surface area contributed by atoms with E-state index in [1.807, 2.05) is 43.6 Å². The van der Waals surface area contributed by atoms with Gasteiger partial charge in [0.05, 0.1) is 5.69 Å². The van der Waals surface area contributed by atoms with Crippen molar-refractivity contribution in [2.24, 2.45) is 7.05 Å². The number of amides is 2. The Morgan fingerprint density at radius 3 is 2.72 bits per heavy atom. The van der Waals surface area contributed by atoms with Gasteiger partial charge in [-0.15, -0.1) is 0 Å². The molecule has 1 aromatic heterocycles. The van der Waals surface area contributed by atoms with Gasteiger partial charge < -0.3 is 15.5 Å². The van der Waals surface area contributed by atoms with E-state index in [9.17, 15) is 4.79 Å². The summed E-state index contributed by atoms with van der Waals surface area (Å²) in [6.45, 7) is 0.466. The van der Waals surface area contributed by atoms with Crippen molar-refractivity contribution in [3.8, 4) is 11.3 Å². The third-order valence-corrected chi connectivity index (χ3v) is 4.86. The van der Waals surface area contributed by atoms with Crippen LogP contribution >= 0.6 is 0 Å². The van der Waals surface area contributed by atoms with Gasteiger partial charge in [0.25, 0.3) is 0 Å². The van der Waals surface area contributed by atoms with E-state index in [1.165, 1.54) is 0 Å². The van der Waals surface area contributed by atoms with Crippen LogP contribution in [0, 0.1) is 0 Å². The Morgan fingerprint density at radius 2 is 2.04 bits per heavy atom. The van der Waals surface area contributed by atoms with E-state index in [0.29, 0.717) is 12.6 Å². The van der Waals surface area contributed by atoms with Gasteiger partial charge in [-0.2, -0.15) is 5.10 Å². The van der Waals surface area contributed by atoms with E-state index >= 15 is 0 Å². The second-order valence-corrected chi connectivity index (χ2v) is 7.00. The van der Waals surface area contributed by atoms with Gasteiger partial charge in [0.2, 0.25) is 0 Å². The molecule has 2 N–H and O–H groups in total. The number of nitrogens with one attached hydrogen (secondary N) is 2. The normalized spacial score (nSPS) is 20.0. The predicted molar refractivity (Wildman–Crippen MR) is 99.1 cm³/mol. The zero-order valence-corrected chi connectivity index (χ0v) is 15.2. The summed E-state index contributed by atoms with van der Waals surface area (Å²) in [5, 5.41) is 10.6. The Balaban J connectivity index is 1.56. The predicted octanol–water partition coefficient (Wildman–Crippen LogP) is 2.37. The van der Waals surface area contributed by atoms with E-state index in [4.69, 9.17) is 0 Å². The van der Waals surface area contributed by atoms with Crippen LogP contribution in [0.4, 0.5) is 4.79 Å². The molecule has 1 fully saturated rings. The van der Waals surface area contributed by atoms with E-state index in [-0.39, 0.29) is 12.1 Å². The van der Waals surface area contributed by atoms with Crippen molar-refractivity contribution in [3.05, 3.63) is 42.1 Å². The molecule has 0 saturated heterocycles. The van der Waals surface area contributed by atoms with Crippen LogP contribution in [0.2, 0.25) is 0 Å². The first kappa shape index (κ1) is 17.5. The van der Waals surface area contributed by atoms with E-state index in [1.54, 1.807) is 4.68 Å². The molecule has 6 heteroatoms. The fraction of sp³-hybridized carbons (Fsp3) is 0.474. The molecule has 1 aromatic carbocycles. The minimum Gasteiger partial charge on any atom is -0.335 e. The second kappa shape index (κ2) is 7.70. The number of benzene rings is 1. The summed E-state index contributed by atoms with van der Waals surface area (Å²) in [6.07, 6.45) is 5.15. The molecule has 0 bridgehead atoms. The molecule has 2 amide bonds. The Bertz CT molecular complexity index is 710. The van der Waals surface area contributed by atoms with Gasteiger partial charge in [-0.25, -0.2) is 4.79 Å². The fourth-order valence-corrected chi connectivity index (χ4v) is 3.48. The van der Waals surface area contributed by atoms with Gasteiger partial charge >= 0.3 is 6.03 Å². The molecule has 3 rings (SSSR count). The third kappa shape index (κ3) is 4.39. The van der Waals surface area contributed by atoms with Crippen LogP contribution in [-0.4, -0.2) is 46.9 Å². The van der Waals surface area contributed by atoms with Crippen LogP contribution in [-0.2, 0) is 13.6 Å². The van der Waals surface area contributed by atoms with Crippen molar-refractivity contribution >= 4 is 6.03 Å². The molecule has 134 valence electrons. The van der Waals surface area contributed by atoms with Crippen LogP contribution < -0.4 is 10.6 Å². The van der Waals surface area contributed by atoms with Gasteiger partial charge in [-0.05, 0) is 33.4 Å². The lowest BCUT2D eigenvalue weighted by Crippen LogP contribution is -2.41. The minimum absolute atomic E-state index is 0.104. The van der Waals surface area contributed by atoms with Crippen LogP contribution in [0.1, 0.15) is 24.8 Å². The SMILES string of the molecule is CN(C)[C@@H]1CC[C@@H](NC(=O)NCc2cn(C)nc2-c2ccccc2)C1. The zero-order chi connectivity index (χ0) is 17.8. The largest absolute Gasteiger partial charge is 0.335 e. The molecule has 1 aliphatic rings. The molecule has 2 atom stereocenters. The van der Waals surface area contributed by atoms with Gasteiger partial charge in [-0.3, -0.25) is 4.68 Å². The van der Waals surface area contributed by atoms with Crippen LogP contribution in [0.3, 0.4) is 0 Å². The number of rotatable bonds is 5. The number of hydrogen-bond acceptors (Lipinski definition) is 3. The lowest BCUT2D eigenvalue weighted by molar-refractivity contribution is 0.235. The molecule has 2 aromatic rings. The maximum absolute atomic E-state index is 12.2. The quantitative estimate of drug-likeness (QED) is 0.878. The molecule has 6 nitrogen and oxygen atoms in total. The first-order valence-electron chi connectivity index (χ1n) is 8.81. The van der Waals surface area contributed by atoms with Crippen molar-refractivity contribution in [3.63, 3.8) is 0 Å². The maximum Gasteiger partial charge on any atom is 0.315 e. The minimum atomic E-state index is -0.104. The number of carbonyl (C=O) groups is 1. The molecule has 1 saturated carbocycles. The number of hydrogen-bond donors (Lipinski definition) is 2. The smallest absolute Gasteiger partial charge is 0.315 e. The average Bonchev–Trinajstić information content (AvgIpc) is 3.20. The summed E-state index contributed by atoms with van der Waals surface area (Å²) in [5.74, 6) is 0. The molecule has 1 heterocycles. The maximum atomic E-state index is 12.2. The molecule has 0 unspecified atom stereocenters. The van der Waals surface area contributed by atoms with Gasteiger partial charge in [0, 0.05) is 43.0 Å². The number of aromatic nitrogens is 2. The summed E-state index contributed by atoms with van der Waals surface area (Å²) < 4.78 is 1.79. The van der Waals surface area contributed by atoms with E-state index in [0.717, 1.165) is 36.1 Å². The Morgan fingerprint density at radius 1 is 1.28 bits per heavy atom. The summed E-state index contributed by atoms with van der Waals surface area (Å²) in [4.78, 5) is 14.5. The number of aryl methyl sites for hydroxylation is 1. The molecule has 0 radical (unpaired) electrons. The Hall–Kier alpha value is -2.34. The fourth-order valence-electron chi connectivity index (χ4n) is 3.48. The monoisotopic (exact) mass is 341 g/mol. The molecular formula is C19H27N5O. The second-order valence-electron chi connectivity index (χ2n) is 7.00. The highest BCUT2D eigenvalue weighted by molar-refractivity contribution is 5.74.